The van der Waals surface area contributed by atoms with Crippen molar-refractivity contribution in [3.8, 4) is 0 Å². The third kappa shape index (κ3) is 2.34. The van der Waals surface area contributed by atoms with Crippen LogP contribution in [0.4, 0.5) is 0 Å². The van der Waals surface area contributed by atoms with Gasteiger partial charge in [-0.2, -0.15) is 0 Å². The maximum absolute atomic E-state index is 11.5. The second kappa shape index (κ2) is 5.60. The topological polar surface area (TPSA) is 71.7 Å². The summed E-state index contributed by atoms with van der Waals surface area (Å²) in [4.78, 5) is 11.5. The third-order valence-electron chi connectivity index (χ3n) is 5.68. The lowest BCUT2D eigenvalue weighted by Crippen LogP contribution is -2.39. The first-order valence-corrected chi connectivity index (χ1v) is 8.65. The van der Waals surface area contributed by atoms with E-state index >= 15 is 0 Å². The van der Waals surface area contributed by atoms with E-state index in [9.17, 15) is 9.90 Å². The van der Waals surface area contributed by atoms with Crippen LogP contribution in [0.3, 0.4) is 0 Å². The van der Waals surface area contributed by atoms with Crippen molar-refractivity contribution in [2.45, 2.75) is 44.8 Å². The molecule has 5 nitrogen and oxygen atoms in total. The van der Waals surface area contributed by atoms with Crippen molar-refractivity contribution in [3.63, 3.8) is 0 Å². The molecule has 1 saturated carbocycles. The summed E-state index contributed by atoms with van der Waals surface area (Å²) < 4.78 is 11.8. The summed E-state index contributed by atoms with van der Waals surface area (Å²) in [7, 11) is 0. The maximum Gasteiger partial charge on any atom is 0.312 e. The van der Waals surface area contributed by atoms with Crippen LogP contribution in [0.1, 0.15) is 37.5 Å². The van der Waals surface area contributed by atoms with Gasteiger partial charge in [-0.15, -0.1) is 0 Å². The fraction of sp³-hybridized carbons (Fsp3) is 0.526. The van der Waals surface area contributed by atoms with Gasteiger partial charge < -0.3 is 19.6 Å². The summed E-state index contributed by atoms with van der Waals surface area (Å²) in [5.74, 6) is 0.302. The van der Waals surface area contributed by atoms with Gasteiger partial charge in [0.2, 0.25) is 0 Å². The van der Waals surface area contributed by atoms with E-state index in [-0.39, 0.29) is 5.60 Å². The summed E-state index contributed by atoms with van der Waals surface area (Å²) >= 11 is 0. The molecule has 2 fully saturated rings. The molecule has 1 saturated heterocycles. The van der Waals surface area contributed by atoms with Crippen LogP contribution >= 0.6 is 0 Å². The molecule has 1 aromatic carbocycles. The molecule has 2 N–H and O–H groups in total. The Labute approximate surface area is 141 Å². The number of carbonyl (C=O) groups is 1. The zero-order valence-corrected chi connectivity index (χ0v) is 13.9. The van der Waals surface area contributed by atoms with E-state index in [4.69, 9.17) is 9.15 Å². The number of rotatable bonds is 6. The molecule has 24 heavy (non-hydrogen) atoms. The van der Waals surface area contributed by atoms with Crippen LogP contribution in [0.25, 0.3) is 11.0 Å². The van der Waals surface area contributed by atoms with E-state index in [0.29, 0.717) is 26.1 Å². The highest BCUT2D eigenvalue weighted by atomic mass is 16.5. The predicted molar refractivity (Wildman–Crippen MR) is 89.9 cm³/mol. The molecule has 2 aromatic rings. The predicted octanol–water partition coefficient (Wildman–Crippen LogP) is 3.11. The molecule has 2 aliphatic rings. The summed E-state index contributed by atoms with van der Waals surface area (Å²) in [6.45, 7) is 3.84. The Morgan fingerprint density at radius 3 is 2.83 bits per heavy atom. The summed E-state index contributed by atoms with van der Waals surface area (Å²) in [5.41, 5.74) is 1.15. The molecule has 4 rings (SSSR count). The Bertz CT molecular complexity index is 771. The average Bonchev–Trinajstić information content (AvgIpc) is 3.26. The first kappa shape index (κ1) is 15.7. The number of benzene rings is 1. The molecule has 0 radical (unpaired) electrons. The molecule has 2 heterocycles. The van der Waals surface area contributed by atoms with Gasteiger partial charge in [-0.1, -0.05) is 25.1 Å². The lowest BCUT2D eigenvalue weighted by atomic mass is 9.88. The number of carboxylic acids is 1. The van der Waals surface area contributed by atoms with Crippen molar-refractivity contribution in [1.82, 2.24) is 5.32 Å². The standard InChI is InChI=1S/C19H23NO4/c1-2-15-14(13-5-3-4-6-16(13)24-15)9-20-11-19-8-7-18(10-19,12-23-19)17(21)22/h3-6,20H,2,7-12H2,1H3,(H,21,22). The summed E-state index contributed by atoms with van der Waals surface area (Å²) in [5, 5.41) is 14.1. The van der Waals surface area contributed by atoms with Crippen LogP contribution < -0.4 is 5.32 Å². The minimum atomic E-state index is -0.712. The maximum atomic E-state index is 11.5. The van der Waals surface area contributed by atoms with Crippen molar-refractivity contribution in [3.05, 3.63) is 35.6 Å². The molecule has 1 aliphatic carbocycles. The number of aryl methyl sites for hydroxylation is 1. The molecule has 128 valence electrons. The van der Waals surface area contributed by atoms with E-state index in [1.165, 1.54) is 5.56 Å². The minimum absolute atomic E-state index is 0.315. The average molecular weight is 329 g/mol. The number of nitrogens with one attached hydrogen (secondary N) is 1. The van der Waals surface area contributed by atoms with Crippen LogP contribution in [0, 0.1) is 5.41 Å². The van der Waals surface area contributed by atoms with Crippen molar-refractivity contribution in [1.29, 1.82) is 0 Å². The monoisotopic (exact) mass is 329 g/mol. The number of aliphatic carboxylic acids is 1. The van der Waals surface area contributed by atoms with Gasteiger partial charge in [-0.3, -0.25) is 4.79 Å². The molecule has 1 aromatic heterocycles. The highest BCUT2D eigenvalue weighted by Crippen LogP contribution is 2.52. The fourth-order valence-electron chi connectivity index (χ4n) is 4.29. The number of carboxylic acid groups (broad SMARTS) is 1. The molecule has 5 heteroatoms. The van der Waals surface area contributed by atoms with Crippen molar-refractivity contribution in [2.24, 2.45) is 5.41 Å². The van der Waals surface area contributed by atoms with Gasteiger partial charge in [0.1, 0.15) is 11.3 Å². The fourth-order valence-corrected chi connectivity index (χ4v) is 4.29. The van der Waals surface area contributed by atoms with E-state index < -0.39 is 11.4 Å². The lowest BCUT2D eigenvalue weighted by molar-refractivity contribution is -0.150. The number of furan rings is 1. The number of fused-ring (bicyclic) bond motifs is 3. The lowest BCUT2D eigenvalue weighted by Gasteiger charge is -2.27. The van der Waals surface area contributed by atoms with Gasteiger partial charge in [0.05, 0.1) is 17.6 Å². The second-order valence-electron chi connectivity index (χ2n) is 7.19. The van der Waals surface area contributed by atoms with E-state index in [1.54, 1.807) is 0 Å². The molecule has 2 bridgehead atoms. The first-order valence-electron chi connectivity index (χ1n) is 8.65. The number of hydrogen-bond donors (Lipinski definition) is 2. The Morgan fingerprint density at radius 1 is 1.33 bits per heavy atom. The molecule has 2 unspecified atom stereocenters. The Kier molecular flexibility index (Phi) is 3.66. The Hall–Kier alpha value is -1.85. The smallest absolute Gasteiger partial charge is 0.312 e. The van der Waals surface area contributed by atoms with Gasteiger partial charge in [0, 0.05) is 30.5 Å². The van der Waals surface area contributed by atoms with Crippen LogP contribution in [0.2, 0.25) is 0 Å². The minimum Gasteiger partial charge on any atom is -0.481 e. The van der Waals surface area contributed by atoms with Gasteiger partial charge in [0.25, 0.3) is 0 Å². The zero-order valence-electron chi connectivity index (χ0n) is 13.9. The van der Waals surface area contributed by atoms with Crippen molar-refractivity contribution < 1.29 is 19.1 Å². The van der Waals surface area contributed by atoms with E-state index in [0.717, 1.165) is 36.0 Å². The summed E-state index contributed by atoms with van der Waals surface area (Å²) in [6, 6.07) is 8.09. The molecular weight excluding hydrogens is 306 g/mol. The molecular formula is C19H23NO4. The Balaban J connectivity index is 1.46. The highest BCUT2D eigenvalue weighted by molar-refractivity contribution is 5.82. The van der Waals surface area contributed by atoms with Crippen LogP contribution in [-0.2, 0) is 22.5 Å². The molecule has 1 aliphatic heterocycles. The van der Waals surface area contributed by atoms with Crippen LogP contribution in [0.5, 0.6) is 0 Å². The normalized spacial score (nSPS) is 28.7. The third-order valence-corrected chi connectivity index (χ3v) is 5.68. The Morgan fingerprint density at radius 2 is 2.17 bits per heavy atom. The van der Waals surface area contributed by atoms with Crippen LogP contribution in [-0.4, -0.2) is 29.8 Å². The number of para-hydroxylation sites is 1. The largest absolute Gasteiger partial charge is 0.481 e. The quantitative estimate of drug-likeness (QED) is 0.852. The second-order valence-corrected chi connectivity index (χ2v) is 7.19. The number of ether oxygens (including phenoxy) is 1. The van der Waals surface area contributed by atoms with Crippen molar-refractivity contribution in [2.75, 3.05) is 13.2 Å². The van der Waals surface area contributed by atoms with Crippen molar-refractivity contribution >= 4 is 16.9 Å². The van der Waals surface area contributed by atoms with E-state index in [1.807, 2.05) is 18.2 Å². The first-order chi connectivity index (χ1) is 11.6. The van der Waals surface area contributed by atoms with Gasteiger partial charge in [-0.25, -0.2) is 0 Å². The zero-order chi connectivity index (χ0) is 16.8. The summed E-state index contributed by atoms with van der Waals surface area (Å²) in [6.07, 6.45) is 3.02. The molecule has 2 atom stereocenters. The van der Waals surface area contributed by atoms with Gasteiger partial charge in [0.15, 0.2) is 0 Å². The van der Waals surface area contributed by atoms with Crippen LogP contribution in [0.15, 0.2) is 28.7 Å². The molecule has 0 amide bonds. The SMILES string of the molecule is CCc1oc2ccccc2c1CNCC12CCC(C(=O)O)(CO1)C2. The highest BCUT2D eigenvalue weighted by Gasteiger charge is 2.59. The number of hydrogen-bond acceptors (Lipinski definition) is 4. The van der Waals surface area contributed by atoms with Gasteiger partial charge >= 0.3 is 5.97 Å². The van der Waals surface area contributed by atoms with E-state index in [2.05, 4.69) is 18.3 Å². The van der Waals surface area contributed by atoms with Gasteiger partial charge in [-0.05, 0) is 25.3 Å². The molecule has 0 spiro atoms.